The van der Waals surface area contributed by atoms with E-state index in [1.165, 1.54) is 4.68 Å². The van der Waals surface area contributed by atoms with Crippen LogP contribution in [0.2, 0.25) is 0 Å². The molecule has 1 saturated heterocycles. The molecule has 0 spiro atoms. The van der Waals surface area contributed by atoms with E-state index in [4.69, 9.17) is 4.74 Å². The van der Waals surface area contributed by atoms with Crippen molar-refractivity contribution in [2.45, 2.75) is 18.4 Å². The summed E-state index contributed by atoms with van der Waals surface area (Å²) in [5, 5.41) is 7.40. The van der Waals surface area contributed by atoms with Crippen molar-refractivity contribution in [3.8, 4) is 0 Å². The van der Waals surface area contributed by atoms with Gasteiger partial charge in [0, 0.05) is 32.3 Å². The van der Waals surface area contributed by atoms with Crippen LogP contribution in [0.25, 0.3) is 0 Å². The molecule has 6 nitrogen and oxygen atoms in total. The van der Waals surface area contributed by atoms with Gasteiger partial charge in [-0.05, 0) is 42.9 Å². The summed E-state index contributed by atoms with van der Waals surface area (Å²) in [7, 11) is 5.81. The van der Waals surface area contributed by atoms with Gasteiger partial charge in [-0.2, -0.15) is 5.10 Å². The summed E-state index contributed by atoms with van der Waals surface area (Å²) in [5.74, 6) is 0. The largest absolute Gasteiger partial charge is 0.381 e. The van der Waals surface area contributed by atoms with Gasteiger partial charge in [-0.3, -0.25) is 4.79 Å². The highest BCUT2D eigenvalue weighted by atomic mass is 79.9. The third-order valence-electron chi connectivity index (χ3n) is 4.06. The third-order valence-corrected chi connectivity index (χ3v) is 4.82. The molecule has 2 heterocycles. The predicted molar refractivity (Wildman–Crippen MR) is 82.1 cm³/mol. The third kappa shape index (κ3) is 3.05. The zero-order valence-corrected chi connectivity index (χ0v) is 13.7. The Morgan fingerprint density at radius 3 is 2.75 bits per heavy atom. The van der Waals surface area contributed by atoms with Crippen molar-refractivity contribution in [1.82, 2.24) is 14.7 Å². The van der Waals surface area contributed by atoms with Crippen LogP contribution in [0.1, 0.15) is 12.8 Å². The number of anilines is 1. The number of ether oxygens (including phenoxy) is 1. The van der Waals surface area contributed by atoms with Crippen molar-refractivity contribution in [2.75, 3.05) is 39.2 Å². The van der Waals surface area contributed by atoms with Crippen LogP contribution >= 0.6 is 15.9 Å². The Balaban J connectivity index is 2.14. The first-order chi connectivity index (χ1) is 9.46. The topological polar surface area (TPSA) is 59.4 Å². The van der Waals surface area contributed by atoms with Gasteiger partial charge in [0.25, 0.3) is 5.56 Å². The molecule has 1 aliphatic rings. The minimum absolute atomic E-state index is 0.0543. The highest BCUT2D eigenvalue weighted by molar-refractivity contribution is 9.10. The average Bonchev–Trinajstić information content (AvgIpc) is 2.45. The van der Waals surface area contributed by atoms with Gasteiger partial charge in [0.15, 0.2) is 0 Å². The fourth-order valence-corrected chi connectivity index (χ4v) is 2.93. The van der Waals surface area contributed by atoms with E-state index in [0.29, 0.717) is 4.47 Å². The molecular weight excluding hydrogens is 324 g/mol. The van der Waals surface area contributed by atoms with E-state index < -0.39 is 0 Å². The number of hydrogen-bond donors (Lipinski definition) is 1. The maximum Gasteiger partial charge on any atom is 0.282 e. The van der Waals surface area contributed by atoms with E-state index in [1.807, 2.05) is 0 Å². The number of hydrogen-bond acceptors (Lipinski definition) is 5. The Labute approximate surface area is 127 Å². The summed E-state index contributed by atoms with van der Waals surface area (Å²) in [4.78, 5) is 14.1. The van der Waals surface area contributed by atoms with Crippen LogP contribution in [0.5, 0.6) is 0 Å². The first kappa shape index (κ1) is 15.5. The summed E-state index contributed by atoms with van der Waals surface area (Å²) in [6.45, 7) is 2.31. The molecule has 0 radical (unpaired) electrons. The maximum atomic E-state index is 11.8. The van der Waals surface area contributed by atoms with E-state index in [-0.39, 0.29) is 11.1 Å². The van der Waals surface area contributed by atoms with Gasteiger partial charge in [0.05, 0.1) is 11.9 Å². The number of likely N-dealkylation sites (N-methyl/N-ethyl adjacent to an activating group) is 1. The molecule has 0 atom stereocenters. The van der Waals surface area contributed by atoms with Gasteiger partial charge >= 0.3 is 0 Å². The van der Waals surface area contributed by atoms with Crippen molar-refractivity contribution < 1.29 is 4.74 Å². The molecule has 0 unspecified atom stereocenters. The van der Waals surface area contributed by atoms with Crippen LogP contribution in [0, 0.1) is 0 Å². The molecule has 0 bridgehead atoms. The number of aryl methyl sites for hydroxylation is 1. The molecule has 1 aromatic rings. The second kappa shape index (κ2) is 6.24. The lowest BCUT2D eigenvalue weighted by Crippen LogP contribution is -2.53. The number of rotatable bonds is 4. The van der Waals surface area contributed by atoms with E-state index in [2.05, 4.69) is 45.3 Å². The molecule has 112 valence electrons. The fourth-order valence-electron chi connectivity index (χ4n) is 2.43. The Kier molecular flexibility index (Phi) is 4.82. The minimum Gasteiger partial charge on any atom is -0.381 e. The highest BCUT2D eigenvalue weighted by Crippen LogP contribution is 2.27. The molecule has 0 aromatic carbocycles. The second-order valence-electron chi connectivity index (χ2n) is 5.39. The highest BCUT2D eigenvalue weighted by Gasteiger charge is 2.34. The van der Waals surface area contributed by atoms with Crippen LogP contribution in [0.3, 0.4) is 0 Å². The van der Waals surface area contributed by atoms with Crippen molar-refractivity contribution in [1.29, 1.82) is 0 Å². The molecule has 0 amide bonds. The first-order valence-corrected chi connectivity index (χ1v) is 7.46. The molecule has 1 aromatic heterocycles. The molecule has 20 heavy (non-hydrogen) atoms. The van der Waals surface area contributed by atoms with E-state index >= 15 is 0 Å². The van der Waals surface area contributed by atoms with Crippen molar-refractivity contribution in [2.24, 2.45) is 7.05 Å². The van der Waals surface area contributed by atoms with Crippen molar-refractivity contribution >= 4 is 21.6 Å². The average molecular weight is 345 g/mol. The smallest absolute Gasteiger partial charge is 0.282 e. The fraction of sp³-hybridized carbons (Fsp3) is 0.692. The molecule has 0 aliphatic carbocycles. The molecule has 1 fully saturated rings. The Hall–Kier alpha value is -0.920. The number of nitrogens with zero attached hydrogens (tertiary/aromatic N) is 3. The number of halogens is 1. The van der Waals surface area contributed by atoms with Crippen LogP contribution in [-0.2, 0) is 11.8 Å². The van der Waals surface area contributed by atoms with Crippen LogP contribution in [0.15, 0.2) is 15.5 Å². The van der Waals surface area contributed by atoms with Crippen LogP contribution in [0.4, 0.5) is 5.69 Å². The molecular formula is C13H21BrN4O2. The molecule has 7 heteroatoms. The minimum atomic E-state index is -0.138. The van der Waals surface area contributed by atoms with Gasteiger partial charge in [-0.15, -0.1) is 0 Å². The van der Waals surface area contributed by atoms with E-state index in [9.17, 15) is 4.79 Å². The van der Waals surface area contributed by atoms with Crippen LogP contribution in [-0.4, -0.2) is 54.1 Å². The Morgan fingerprint density at radius 2 is 2.15 bits per heavy atom. The lowest BCUT2D eigenvalue weighted by molar-refractivity contribution is -0.000639. The summed E-state index contributed by atoms with van der Waals surface area (Å²) in [5.41, 5.74) is 0.653. The normalized spacial score (nSPS) is 18.2. The van der Waals surface area contributed by atoms with E-state index in [1.54, 1.807) is 13.2 Å². The second-order valence-corrected chi connectivity index (χ2v) is 6.18. The summed E-state index contributed by atoms with van der Waals surface area (Å²) < 4.78 is 7.29. The Morgan fingerprint density at radius 1 is 1.50 bits per heavy atom. The molecule has 2 rings (SSSR count). The molecule has 0 saturated carbocycles. The van der Waals surface area contributed by atoms with Gasteiger partial charge < -0.3 is 15.0 Å². The molecule has 1 N–H and O–H groups in total. The quantitative estimate of drug-likeness (QED) is 0.885. The van der Waals surface area contributed by atoms with Crippen LogP contribution < -0.4 is 10.9 Å². The van der Waals surface area contributed by atoms with Gasteiger partial charge in [-0.25, -0.2) is 4.68 Å². The maximum absolute atomic E-state index is 11.8. The van der Waals surface area contributed by atoms with Crippen molar-refractivity contribution in [3.63, 3.8) is 0 Å². The number of nitrogens with one attached hydrogen (secondary N) is 1. The Bertz CT molecular complexity index is 524. The summed E-state index contributed by atoms with van der Waals surface area (Å²) in [6.07, 6.45) is 3.62. The van der Waals surface area contributed by atoms with Gasteiger partial charge in [-0.1, -0.05) is 0 Å². The zero-order valence-electron chi connectivity index (χ0n) is 12.1. The lowest BCUT2D eigenvalue weighted by Gasteiger charge is -2.43. The SMILES string of the molecule is CN(C)C1(CNc2cnn(C)c(=O)c2Br)CCOCC1. The monoisotopic (exact) mass is 344 g/mol. The standard InChI is InChI=1S/C13H21BrN4O2/c1-17(2)13(4-6-20-7-5-13)9-15-10-8-16-18(3)12(19)11(10)14/h8,15H,4-7,9H2,1-3H3. The first-order valence-electron chi connectivity index (χ1n) is 6.67. The predicted octanol–water partition coefficient (Wildman–Crippen LogP) is 1.07. The van der Waals surface area contributed by atoms with Crippen molar-refractivity contribution in [3.05, 3.63) is 21.0 Å². The number of aromatic nitrogens is 2. The van der Waals surface area contributed by atoms with Gasteiger partial charge in [0.2, 0.25) is 0 Å². The van der Waals surface area contributed by atoms with E-state index in [0.717, 1.165) is 38.3 Å². The summed E-state index contributed by atoms with van der Waals surface area (Å²) >= 11 is 3.34. The zero-order chi connectivity index (χ0) is 14.8. The summed E-state index contributed by atoms with van der Waals surface area (Å²) in [6, 6.07) is 0. The lowest BCUT2D eigenvalue weighted by atomic mass is 9.88. The molecule has 1 aliphatic heterocycles. The van der Waals surface area contributed by atoms with Gasteiger partial charge in [0.1, 0.15) is 4.47 Å².